The summed E-state index contributed by atoms with van der Waals surface area (Å²) in [4.78, 5) is 2.63. The summed E-state index contributed by atoms with van der Waals surface area (Å²) in [7, 11) is 0. The molecular formula is C10H19N3. The predicted molar refractivity (Wildman–Crippen MR) is 56.3 cm³/mol. The summed E-state index contributed by atoms with van der Waals surface area (Å²) in [6.45, 7) is 2.22. The molecule has 3 nitrogen and oxygen atoms in total. The third kappa shape index (κ3) is 11.0. The number of hydrogen-bond acceptors (Lipinski definition) is 1. The summed E-state index contributed by atoms with van der Waals surface area (Å²) in [5, 5.41) is 3.32. The molecule has 3 heteroatoms. The second-order valence-corrected chi connectivity index (χ2v) is 3.15. The first-order valence-electron chi connectivity index (χ1n) is 5.11. The lowest BCUT2D eigenvalue weighted by molar-refractivity contribution is 0.611. The van der Waals surface area contributed by atoms with Gasteiger partial charge in [0.2, 0.25) is 0 Å². The molecule has 0 atom stereocenters. The molecule has 74 valence electrons. The van der Waals surface area contributed by atoms with Crippen LogP contribution in [0.4, 0.5) is 0 Å². The summed E-state index contributed by atoms with van der Waals surface area (Å²) in [6.07, 6.45) is 12.4. The minimum atomic E-state index is 1.03. The molecule has 0 aromatic carbocycles. The summed E-state index contributed by atoms with van der Waals surface area (Å²) in [6, 6.07) is 0. The largest absolute Gasteiger partial charge is 0.0823 e. The van der Waals surface area contributed by atoms with E-state index < -0.39 is 0 Å². The maximum atomic E-state index is 7.97. The molecule has 0 aromatic rings. The summed E-state index contributed by atoms with van der Waals surface area (Å²) >= 11 is 0. The van der Waals surface area contributed by atoms with Crippen LogP contribution >= 0.6 is 0 Å². The van der Waals surface area contributed by atoms with Crippen molar-refractivity contribution in [3.63, 3.8) is 0 Å². The minimum absolute atomic E-state index is 1.03. The van der Waals surface area contributed by atoms with Crippen molar-refractivity contribution in [3.05, 3.63) is 22.7 Å². The van der Waals surface area contributed by atoms with E-state index in [0.717, 1.165) is 6.42 Å². The Balaban J connectivity index is 3.03. The Morgan fingerprint density at radius 3 is 2.54 bits per heavy atom. The van der Waals surface area contributed by atoms with E-state index in [1.807, 2.05) is 6.08 Å². The maximum Gasteiger partial charge on any atom is 0.00474 e. The van der Waals surface area contributed by atoms with Crippen LogP contribution in [0.3, 0.4) is 0 Å². The van der Waals surface area contributed by atoms with Crippen molar-refractivity contribution in [1.29, 1.82) is 0 Å². The first kappa shape index (κ1) is 12.0. The molecule has 0 aliphatic carbocycles. The fourth-order valence-electron chi connectivity index (χ4n) is 1.19. The fraction of sp³-hybridized carbons (Fsp3) is 0.800. The number of rotatable bonds is 8. The smallest absolute Gasteiger partial charge is 0.00474 e. The molecular weight excluding hydrogens is 162 g/mol. The number of azide groups is 1. The quantitative estimate of drug-likeness (QED) is 0.228. The molecule has 0 unspecified atom stereocenters. The van der Waals surface area contributed by atoms with Crippen LogP contribution in [0.5, 0.6) is 0 Å². The van der Waals surface area contributed by atoms with Gasteiger partial charge < -0.3 is 0 Å². The van der Waals surface area contributed by atoms with E-state index in [1.165, 1.54) is 44.7 Å². The molecule has 0 bridgehead atoms. The molecule has 13 heavy (non-hydrogen) atoms. The van der Waals surface area contributed by atoms with Gasteiger partial charge in [-0.3, -0.25) is 0 Å². The van der Waals surface area contributed by atoms with Gasteiger partial charge in [0.05, 0.1) is 0 Å². The molecule has 0 aromatic heterocycles. The summed E-state index contributed by atoms with van der Waals surface area (Å²) < 4.78 is 0. The van der Waals surface area contributed by atoms with Crippen molar-refractivity contribution in [1.82, 2.24) is 0 Å². The predicted octanol–water partition coefficient (Wildman–Crippen LogP) is 4.56. The second kappa shape index (κ2) is 11.1. The molecule has 0 spiro atoms. The van der Waals surface area contributed by atoms with Crippen LogP contribution in [0.1, 0.15) is 51.9 Å². The monoisotopic (exact) mass is 181 g/mol. The van der Waals surface area contributed by atoms with E-state index >= 15 is 0 Å². The minimum Gasteiger partial charge on any atom is -0.0823 e. The molecule has 0 aliphatic rings. The van der Waals surface area contributed by atoms with E-state index in [2.05, 4.69) is 16.9 Å². The van der Waals surface area contributed by atoms with E-state index in [-0.39, 0.29) is 0 Å². The van der Waals surface area contributed by atoms with Gasteiger partial charge in [-0.25, -0.2) is 0 Å². The first-order valence-corrected chi connectivity index (χ1v) is 5.11. The standard InChI is InChI=1S/C10H19N3/c1-2-3-4-5-6-7-8-9-10-12-13-11/h9-10H,2-8H2,1H3/b10-9-. The highest BCUT2D eigenvalue weighted by molar-refractivity contribution is 4.79. The van der Waals surface area contributed by atoms with Crippen LogP contribution in [0, 0.1) is 0 Å². The average Bonchev–Trinajstić information content (AvgIpc) is 2.16. The van der Waals surface area contributed by atoms with Crippen LogP contribution < -0.4 is 0 Å². The van der Waals surface area contributed by atoms with Gasteiger partial charge in [-0.05, 0) is 24.6 Å². The molecule has 0 amide bonds. The lowest BCUT2D eigenvalue weighted by Crippen LogP contribution is -1.77. The molecule has 0 saturated heterocycles. The summed E-state index contributed by atoms with van der Waals surface area (Å²) in [5.74, 6) is 0. The Bertz CT molecular complexity index is 169. The SMILES string of the molecule is CCCCCCCC/C=C\N=[N+]=[N-]. The Hall–Kier alpha value is -0.950. The Morgan fingerprint density at radius 1 is 1.15 bits per heavy atom. The molecule has 0 aliphatic heterocycles. The van der Waals surface area contributed by atoms with Crippen LogP contribution in [0.25, 0.3) is 10.4 Å². The van der Waals surface area contributed by atoms with Crippen LogP contribution in [-0.2, 0) is 0 Å². The molecule has 0 heterocycles. The highest BCUT2D eigenvalue weighted by atomic mass is 15.1. The first-order chi connectivity index (χ1) is 6.41. The highest BCUT2D eigenvalue weighted by Crippen LogP contribution is 2.06. The van der Waals surface area contributed by atoms with Crippen molar-refractivity contribution in [2.45, 2.75) is 51.9 Å². The third-order valence-corrected chi connectivity index (χ3v) is 1.95. The van der Waals surface area contributed by atoms with Crippen molar-refractivity contribution in [3.8, 4) is 0 Å². The summed E-state index contributed by atoms with van der Waals surface area (Å²) in [5.41, 5.74) is 7.97. The van der Waals surface area contributed by atoms with Gasteiger partial charge in [-0.15, -0.1) is 0 Å². The van der Waals surface area contributed by atoms with Crippen molar-refractivity contribution in [2.75, 3.05) is 0 Å². The zero-order chi connectivity index (χ0) is 9.78. The topological polar surface area (TPSA) is 48.8 Å². The lowest BCUT2D eigenvalue weighted by atomic mass is 10.1. The van der Waals surface area contributed by atoms with Gasteiger partial charge in [0.25, 0.3) is 0 Å². The normalized spacial score (nSPS) is 10.2. The van der Waals surface area contributed by atoms with Crippen LogP contribution in [0.2, 0.25) is 0 Å². The highest BCUT2D eigenvalue weighted by Gasteiger charge is 1.87. The number of unbranched alkanes of at least 4 members (excludes halogenated alkanes) is 6. The molecule has 0 rings (SSSR count). The Kier molecular flexibility index (Phi) is 10.2. The Labute approximate surface area is 80.5 Å². The van der Waals surface area contributed by atoms with Gasteiger partial charge >= 0.3 is 0 Å². The van der Waals surface area contributed by atoms with E-state index in [4.69, 9.17) is 5.53 Å². The van der Waals surface area contributed by atoms with Gasteiger partial charge in [0.1, 0.15) is 0 Å². The zero-order valence-electron chi connectivity index (χ0n) is 8.45. The molecule has 0 N–H and O–H groups in total. The molecule has 0 radical (unpaired) electrons. The average molecular weight is 181 g/mol. The van der Waals surface area contributed by atoms with Crippen LogP contribution in [0.15, 0.2) is 17.4 Å². The fourth-order valence-corrected chi connectivity index (χ4v) is 1.19. The van der Waals surface area contributed by atoms with Gasteiger partial charge in [-0.1, -0.05) is 50.2 Å². The van der Waals surface area contributed by atoms with Crippen LogP contribution in [-0.4, -0.2) is 0 Å². The Morgan fingerprint density at radius 2 is 1.85 bits per heavy atom. The molecule has 0 saturated carbocycles. The molecule has 0 fully saturated rings. The second-order valence-electron chi connectivity index (χ2n) is 3.15. The number of hydrogen-bond donors (Lipinski definition) is 0. The van der Waals surface area contributed by atoms with Gasteiger partial charge in [0, 0.05) is 4.91 Å². The van der Waals surface area contributed by atoms with E-state index in [9.17, 15) is 0 Å². The number of nitrogens with zero attached hydrogens (tertiary/aromatic N) is 3. The van der Waals surface area contributed by atoms with Gasteiger partial charge in [0.15, 0.2) is 0 Å². The van der Waals surface area contributed by atoms with E-state index in [1.54, 1.807) is 0 Å². The van der Waals surface area contributed by atoms with Crippen molar-refractivity contribution in [2.24, 2.45) is 5.11 Å². The van der Waals surface area contributed by atoms with Crippen molar-refractivity contribution >= 4 is 0 Å². The maximum absolute atomic E-state index is 7.97. The third-order valence-electron chi connectivity index (χ3n) is 1.95. The van der Waals surface area contributed by atoms with Crippen molar-refractivity contribution < 1.29 is 0 Å². The zero-order valence-corrected chi connectivity index (χ0v) is 8.45. The number of allylic oxidation sites excluding steroid dienone is 1. The van der Waals surface area contributed by atoms with Gasteiger partial charge in [-0.2, -0.15) is 0 Å². The lowest BCUT2D eigenvalue weighted by Gasteiger charge is -1.96. The van der Waals surface area contributed by atoms with E-state index in [0.29, 0.717) is 0 Å².